The van der Waals surface area contributed by atoms with E-state index in [1.54, 1.807) is 24.5 Å². The Morgan fingerprint density at radius 3 is 2.39 bits per heavy atom. The highest BCUT2D eigenvalue weighted by Crippen LogP contribution is 2.36. The number of hydrogen-bond donors (Lipinski definition) is 1. The maximum atomic E-state index is 13.1. The van der Waals surface area contributed by atoms with Crippen LogP contribution in [0.5, 0.6) is 0 Å². The normalized spacial score (nSPS) is 18.1. The van der Waals surface area contributed by atoms with Crippen LogP contribution in [0.15, 0.2) is 46.0 Å². The van der Waals surface area contributed by atoms with E-state index in [9.17, 15) is 31.1 Å². The zero-order valence-electron chi connectivity index (χ0n) is 16.8. The molecule has 1 N–H and O–H groups in total. The Bertz CT molecular complexity index is 1280. The lowest BCUT2D eigenvalue weighted by atomic mass is 10.1. The fourth-order valence-corrected chi connectivity index (χ4v) is 4.17. The fraction of sp³-hybridized carbons (Fsp3) is 0.200. The lowest BCUT2D eigenvalue weighted by Gasteiger charge is -2.20. The zero-order valence-corrected chi connectivity index (χ0v) is 17.7. The number of hydrogen-bond acceptors (Lipinski definition) is 4. The number of amidine groups is 2. The molecule has 0 saturated heterocycles. The van der Waals surface area contributed by atoms with Crippen LogP contribution in [0.25, 0.3) is 11.8 Å². The number of nitrogens with zero attached hydrogens (tertiary/aromatic N) is 4. The topological polar surface area (TPSA) is 73.8 Å². The first-order valence-electron chi connectivity index (χ1n) is 9.21. The van der Waals surface area contributed by atoms with Gasteiger partial charge in [0.05, 0.1) is 11.1 Å². The number of aliphatic imine (C=N–C) groups is 1. The Kier molecular flexibility index (Phi) is 5.26. The first kappa shape index (κ1) is 22.8. The van der Waals surface area contributed by atoms with Gasteiger partial charge in [-0.05, 0) is 61.5 Å². The zero-order chi connectivity index (χ0) is 24.3. The Morgan fingerprint density at radius 1 is 1.06 bits per heavy atom. The van der Waals surface area contributed by atoms with Gasteiger partial charge < -0.3 is 4.57 Å². The van der Waals surface area contributed by atoms with Crippen LogP contribution >= 0.6 is 11.8 Å². The summed E-state index contributed by atoms with van der Waals surface area (Å²) in [6.45, 7) is 3.26. The molecule has 1 amide bonds. The van der Waals surface area contributed by atoms with E-state index in [0.717, 1.165) is 12.1 Å². The maximum Gasteiger partial charge on any atom is 0.441 e. The smallest absolute Gasteiger partial charge is 0.318 e. The minimum atomic E-state index is -4.76. The molecular weight excluding hydrogens is 472 g/mol. The highest BCUT2D eigenvalue weighted by Gasteiger charge is 2.46. The highest BCUT2D eigenvalue weighted by atomic mass is 32.2. The van der Waals surface area contributed by atoms with Crippen LogP contribution in [0.1, 0.15) is 22.5 Å². The number of thioether (sulfide) groups is 1. The largest absolute Gasteiger partial charge is 0.441 e. The van der Waals surface area contributed by atoms with Crippen LogP contribution in [0.4, 0.5) is 26.3 Å². The first-order chi connectivity index (χ1) is 15.3. The number of aryl methyl sites for hydroxylation is 1. The van der Waals surface area contributed by atoms with Gasteiger partial charge in [0, 0.05) is 17.1 Å². The van der Waals surface area contributed by atoms with Crippen molar-refractivity contribution in [2.24, 2.45) is 10.1 Å². The average Bonchev–Trinajstić information content (AvgIpc) is 3.25. The summed E-state index contributed by atoms with van der Waals surface area (Å²) in [5.74, 6) is -1.50. The number of nitrogens with one attached hydrogen (secondary N) is 1. The molecule has 0 saturated carbocycles. The van der Waals surface area contributed by atoms with Crippen molar-refractivity contribution in [1.82, 2.24) is 9.58 Å². The van der Waals surface area contributed by atoms with Crippen LogP contribution in [-0.2, 0) is 11.0 Å². The number of halogens is 6. The van der Waals surface area contributed by atoms with Gasteiger partial charge in [-0.1, -0.05) is 6.07 Å². The maximum absolute atomic E-state index is 13.1. The van der Waals surface area contributed by atoms with E-state index >= 15 is 0 Å². The molecule has 0 spiro atoms. The van der Waals surface area contributed by atoms with Gasteiger partial charge in [0.15, 0.2) is 5.84 Å². The van der Waals surface area contributed by atoms with Gasteiger partial charge in [0.25, 0.3) is 5.91 Å². The van der Waals surface area contributed by atoms with Gasteiger partial charge >= 0.3 is 12.4 Å². The lowest BCUT2D eigenvalue weighted by molar-refractivity contribution is -0.137. The third kappa shape index (κ3) is 4.08. The van der Waals surface area contributed by atoms with Crippen molar-refractivity contribution >= 4 is 39.8 Å². The van der Waals surface area contributed by atoms with E-state index in [-0.39, 0.29) is 28.2 Å². The number of fused-ring (bicyclic) bond motifs is 1. The average molecular weight is 485 g/mol. The minimum Gasteiger partial charge on any atom is -0.318 e. The Morgan fingerprint density at radius 2 is 1.76 bits per heavy atom. The number of rotatable bonds is 2. The summed E-state index contributed by atoms with van der Waals surface area (Å²) in [4.78, 5) is 16.0. The molecule has 3 heterocycles. The van der Waals surface area contributed by atoms with Crippen molar-refractivity contribution in [2.45, 2.75) is 26.2 Å². The van der Waals surface area contributed by atoms with Crippen molar-refractivity contribution in [3.8, 4) is 5.69 Å². The highest BCUT2D eigenvalue weighted by molar-refractivity contribution is 8.27. The molecule has 0 unspecified atom stereocenters. The standard InChI is InChI=1S/C20H13F6N5OS/c1-9-6-11(10(2)30(9)13-5-3-4-12(8-13)19(21,22)23)7-14-15(27)31-18(28-16(14)32)33-17(29-31)20(24,25)26/h3-8,27H,1-2H3. The van der Waals surface area contributed by atoms with Gasteiger partial charge in [0.2, 0.25) is 10.2 Å². The molecule has 33 heavy (non-hydrogen) atoms. The van der Waals surface area contributed by atoms with E-state index in [2.05, 4.69) is 10.1 Å². The molecule has 0 fully saturated rings. The summed E-state index contributed by atoms with van der Waals surface area (Å²) in [5, 5.41) is 10.5. The van der Waals surface area contributed by atoms with Gasteiger partial charge in [0.1, 0.15) is 0 Å². The summed E-state index contributed by atoms with van der Waals surface area (Å²) >= 11 is 0.144. The molecule has 2 aliphatic rings. The number of amides is 1. The molecule has 2 aromatic rings. The summed E-state index contributed by atoms with van der Waals surface area (Å²) in [7, 11) is 0. The molecule has 13 heteroatoms. The lowest BCUT2D eigenvalue weighted by Crippen LogP contribution is -2.35. The quantitative estimate of drug-likeness (QED) is 0.464. The molecule has 0 radical (unpaired) electrons. The number of alkyl halides is 6. The van der Waals surface area contributed by atoms with E-state index in [1.807, 2.05) is 0 Å². The van der Waals surface area contributed by atoms with E-state index in [4.69, 9.17) is 5.41 Å². The van der Waals surface area contributed by atoms with Gasteiger partial charge in [-0.25, -0.2) is 0 Å². The summed E-state index contributed by atoms with van der Waals surface area (Å²) < 4.78 is 79.7. The van der Waals surface area contributed by atoms with Crippen molar-refractivity contribution in [3.05, 3.63) is 58.4 Å². The minimum absolute atomic E-state index is 0.144. The van der Waals surface area contributed by atoms with Crippen molar-refractivity contribution in [3.63, 3.8) is 0 Å². The molecule has 1 aromatic carbocycles. The fourth-order valence-electron chi connectivity index (χ4n) is 3.41. The number of hydrazone groups is 1. The number of benzene rings is 1. The molecule has 2 aliphatic heterocycles. The van der Waals surface area contributed by atoms with Crippen LogP contribution < -0.4 is 0 Å². The SMILES string of the molecule is Cc1cc(C=C2C(=N)N3N=C(C(F)(F)F)SC3=NC2=O)c(C)n1-c1cccc(C(F)(F)F)c1. The number of carbonyl (C=O) groups excluding carboxylic acids is 1. The molecule has 1 aromatic heterocycles. The van der Waals surface area contributed by atoms with Crippen LogP contribution in [0, 0.1) is 19.3 Å². The Hall–Kier alpha value is -3.35. The summed E-state index contributed by atoms with van der Waals surface area (Å²) in [5.41, 5.74) is 0.518. The second-order valence-electron chi connectivity index (χ2n) is 7.13. The Labute approximate surface area is 186 Å². The molecule has 6 nitrogen and oxygen atoms in total. The molecule has 4 rings (SSSR count). The number of carbonyl (C=O) groups is 1. The van der Waals surface area contributed by atoms with E-state index in [0.29, 0.717) is 22.0 Å². The van der Waals surface area contributed by atoms with Crippen LogP contribution in [0.3, 0.4) is 0 Å². The molecular formula is C20H13F6N5OS. The van der Waals surface area contributed by atoms with Crippen molar-refractivity contribution < 1.29 is 31.1 Å². The predicted molar refractivity (Wildman–Crippen MR) is 111 cm³/mol. The monoisotopic (exact) mass is 485 g/mol. The van der Waals surface area contributed by atoms with Gasteiger partial charge in [-0.15, -0.1) is 0 Å². The third-order valence-corrected chi connectivity index (χ3v) is 5.85. The van der Waals surface area contributed by atoms with Crippen LogP contribution in [0.2, 0.25) is 0 Å². The van der Waals surface area contributed by atoms with Gasteiger partial charge in [-0.2, -0.15) is 41.4 Å². The first-order valence-corrected chi connectivity index (χ1v) is 10.0. The van der Waals surface area contributed by atoms with Crippen molar-refractivity contribution in [2.75, 3.05) is 0 Å². The van der Waals surface area contributed by atoms with Gasteiger partial charge in [-0.3, -0.25) is 10.2 Å². The molecule has 172 valence electrons. The van der Waals surface area contributed by atoms with E-state index in [1.165, 1.54) is 18.2 Å². The molecule has 0 bridgehead atoms. The molecule has 0 atom stereocenters. The second kappa shape index (κ2) is 7.61. The number of aromatic nitrogens is 1. The van der Waals surface area contributed by atoms with Crippen molar-refractivity contribution in [1.29, 1.82) is 5.41 Å². The van der Waals surface area contributed by atoms with Crippen LogP contribution in [-0.4, -0.2) is 37.7 Å². The van der Waals surface area contributed by atoms with E-state index < -0.39 is 34.7 Å². The summed E-state index contributed by atoms with van der Waals surface area (Å²) in [6.07, 6.45) is -8.02. The summed E-state index contributed by atoms with van der Waals surface area (Å²) in [6, 6.07) is 6.28. The Balaban J connectivity index is 1.74. The molecule has 0 aliphatic carbocycles. The second-order valence-corrected chi connectivity index (χ2v) is 8.09. The third-order valence-electron chi connectivity index (χ3n) is 4.90. The predicted octanol–water partition coefficient (Wildman–Crippen LogP) is 5.29.